The molecule has 0 atom stereocenters. The highest BCUT2D eigenvalue weighted by molar-refractivity contribution is 7.92. The first-order valence-corrected chi connectivity index (χ1v) is 11.6. The van der Waals surface area contributed by atoms with Gasteiger partial charge in [-0.15, -0.1) is 0 Å². The van der Waals surface area contributed by atoms with E-state index in [0.29, 0.717) is 17.1 Å². The molecule has 0 saturated heterocycles. The minimum Gasteiger partial charge on any atom is -0.484 e. The Hall–Kier alpha value is -4.58. The summed E-state index contributed by atoms with van der Waals surface area (Å²) in [6.07, 6.45) is 4.15. The number of halogens is 1. The Labute approximate surface area is 199 Å². The lowest BCUT2D eigenvalue weighted by molar-refractivity contribution is -0.123. The van der Waals surface area contributed by atoms with E-state index >= 15 is 0 Å². The second-order valence-electron chi connectivity index (χ2n) is 6.94. The molecule has 1 amide bonds. The summed E-state index contributed by atoms with van der Waals surface area (Å²) >= 11 is 0. The van der Waals surface area contributed by atoms with E-state index in [1.54, 1.807) is 30.3 Å². The van der Waals surface area contributed by atoms with E-state index in [-0.39, 0.29) is 23.2 Å². The molecule has 0 fully saturated rings. The molecule has 178 valence electrons. The zero-order valence-corrected chi connectivity index (χ0v) is 18.8. The zero-order chi connectivity index (χ0) is 24.7. The molecule has 10 nitrogen and oxygen atoms in total. The summed E-state index contributed by atoms with van der Waals surface area (Å²) in [7, 11) is -3.85. The van der Waals surface area contributed by atoms with E-state index in [2.05, 4.69) is 25.2 Å². The summed E-state index contributed by atoms with van der Waals surface area (Å²) in [5.74, 6) is 0.0104. The van der Waals surface area contributed by atoms with Crippen LogP contribution in [-0.2, 0) is 14.8 Å². The van der Waals surface area contributed by atoms with E-state index in [4.69, 9.17) is 9.15 Å². The average molecular weight is 495 g/mol. The predicted octanol–water partition coefficient (Wildman–Crippen LogP) is 3.21. The lowest BCUT2D eigenvalue weighted by atomic mass is 10.2. The van der Waals surface area contributed by atoms with Gasteiger partial charge in [0.15, 0.2) is 6.61 Å². The molecule has 4 aromatic rings. The van der Waals surface area contributed by atoms with E-state index in [9.17, 15) is 17.6 Å². The normalized spacial score (nSPS) is 11.3. The van der Waals surface area contributed by atoms with E-state index in [1.807, 2.05) is 0 Å². The van der Waals surface area contributed by atoms with Crippen molar-refractivity contribution < 1.29 is 26.8 Å². The Balaban J connectivity index is 1.32. The largest absolute Gasteiger partial charge is 0.484 e. The van der Waals surface area contributed by atoms with Crippen LogP contribution in [0.3, 0.4) is 0 Å². The van der Waals surface area contributed by atoms with Crippen molar-refractivity contribution >= 4 is 28.1 Å². The maximum Gasteiger partial charge on any atom is 0.277 e. The molecular formula is C23H18FN5O5S. The van der Waals surface area contributed by atoms with Gasteiger partial charge in [0, 0.05) is 24.0 Å². The number of hydrogen-bond donors (Lipinski definition) is 2. The topological polar surface area (TPSA) is 136 Å². The molecule has 12 heteroatoms. The molecule has 35 heavy (non-hydrogen) atoms. The minimum atomic E-state index is -3.85. The van der Waals surface area contributed by atoms with Crippen molar-refractivity contribution in [2.45, 2.75) is 4.90 Å². The number of sulfonamides is 1. The molecular weight excluding hydrogens is 477 g/mol. The summed E-state index contributed by atoms with van der Waals surface area (Å²) in [5.41, 5.74) is 2.91. The zero-order valence-electron chi connectivity index (χ0n) is 18.0. The minimum absolute atomic E-state index is 0.0286. The fourth-order valence-electron chi connectivity index (χ4n) is 2.81. The van der Waals surface area contributed by atoms with Crippen molar-refractivity contribution in [3.05, 3.63) is 90.7 Å². The third-order valence-corrected chi connectivity index (χ3v) is 5.76. The second kappa shape index (κ2) is 10.6. The highest BCUT2D eigenvalue weighted by Crippen LogP contribution is 2.24. The van der Waals surface area contributed by atoms with Gasteiger partial charge in [-0.3, -0.25) is 4.79 Å². The maximum absolute atomic E-state index is 13.1. The van der Waals surface area contributed by atoms with Crippen LogP contribution >= 0.6 is 0 Å². The Morgan fingerprint density at radius 1 is 1.06 bits per heavy atom. The van der Waals surface area contributed by atoms with Crippen LogP contribution in [0.25, 0.3) is 11.3 Å². The maximum atomic E-state index is 13.1. The van der Waals surface area contributed by atoms with Crippen molar-refractivity contribution in [1.82, 2.24) is 15.4 Å². The summed E-state index contributed by atoms with van der Waals surface area (Å²) in [6, 6.07) is 16.3. The number of hydrogen-bond acceptors (Lipinski definition) is 8. The average Bonchev–Trinajstić information content (AvgIpc) is 3.32. The van der Waals surface area contributed by atoms with Crippen molar-refractivity contribution in [3.63, 3.8) is 0 Å². The Bertz CT molecular complexity index is 1440. The quantitative estimate of drug-likeness (QED) is 0.269. The summed E-state index contributed by atoms with van der Waals surface area (Å²) in [5, 5.41) is 3.79. The van der Waals surface area contributed by atoms with Crippen LogP contribution in [0.4, 0.5) is 10.3 Å². The Morgan fingerprint density at radius 3 is 2.57 bits per heavy atom. The monoisotopic (exact) mass is 495 g/mol. The molecule has 2 N–H and O–H groups in total. The number of nitrogens with one attached hydrogen (secondary N) is 2. The fourth-order valence-corrected chi connectivity index (χ4v) is 3.77. The molecule has 0 bridgehead atoms. The summed E-state index contributed by atoms with van der Waals surface area (Å²) in [4.78, 5) is 19.5. The number of benzene rings is 2. The van der Waals surface area contributed by atoms with Crippen molar-refractivity contribution in [1.29, 1.82) is 0 Å². The van der Waals surface area contributed by atoms with Gasteiger partial charge in [-0.1, -0.05) is 6.07 Å². The number of ether oxygens (including phenoxy) is 1. The second-order valence-corrected chi connectivity index (χ2v) is 8.63. The third-order valence-electron chi connectivity index (χ3n) is 4.41. The molecule has 0 aliphatic heterocycles. The molecule has 0 unspecified atom stereocenters. The van der Waals surface area contributed by atoms with Gasteiger partial charge in [-0.05, 0) is 54.6 Å². The van der Waals surface area contributed by atoms with Crippen molar-refractivity contribution in [3.8, 4) is 17.1 Å². The molecule has 2 aromatic carbocycles. The first-order valence-electron chi connectivity index (χ1n) is 10.1. The number of carbonyl (C=O) groups is 1. The van der Waals surface area contributed by atoms with Crippen LogP contribution in [0, 0.1) is 5.82 Å². The fraction of sp³-hybridized carbons (Fsp3) is 0.0435. The molecule has 0 radical (unpaired) electrons. The van der Waals surface area contributed by atoms with Gasteiger partial charge in [0.2, 0.25) is 5.95 Å². The lowest BCUT2D eigenvalue weighted by Crippen LogP contribution is -2.24. The van der Waals surface area contributed by atoms with Gasteiger partial charge < -0.3 is 9.15 Å². The first kappa shape index (κ1) is 23.6. The summed E-state index contributed by atoms with van der Waals surface area (Å²) < 4.78 is 51.2. The molecule has 4 rings (SSSR count). The first-order chi connectivity index (χ1) is 16.9. The number of carbonyl (C=O) groups excluding carboxylic acids is 1. The molecule has 0 aliphatic carbocycles. The lowest BCUT2D eigenvalue weighted by Gasteiger charge is -2.06. The molecule has 0 saturated carbocycles. The van der Waals surface area contributed by atoms with Crippen molar-refractivity contribution in [2.24, 2.45) is 5.10 Å². The van der Waals surface area contributed by atoms with Crippen LogP contribution in [0.1, 0.15) is 5.76 Å². The predicted molar refractivity (Wildman–Crippen MR) is 125 cm³/mol. The van der Waals surface area contributed by atoms with Gasteiger partial charge in [-0.25, -0.2) is 32.9 Å². The van der Waals surface area contributed by atoms with E-state index in [0.717, 1.165) is 6.07 Å². The number of aromatic nitrogens is 2. The number of nitrogens with zero attached hydrogens (tertiary/aromatic N) is 3. The van der Waals surface area contributed by atoms with Crippen LogP contribution in [0.2, 0.25) is 0 Å². The SMILES string of the molecule is O=C(COc1cccc(F)c1)NN=Cc1ccc(-c2ccc(S(=O)(=O)Nc3ncccn3)cc2)o1. The van der Waals surface area contributed by atoms with Crippen LogP contribution in [0.15, 0.2) is 93.5 Å². The van der Waals surface area contributed by atoms with Gasteiger partial charge in [-0.2, -0.15) is 5.10 Å². The van der Waals surface area contributed by atoms with E-state index in [1.165, 1.54) is 48.9 Å². The number of furan rings is 1. The van der Waals surface area contributed by atoms with Crippen LogP contribution in [0.5, 0.6) is 5.75 Å². The standard InChI is InChI=1S/C23H18FN5O5S/c24-17-3-1-4-18(13-17)33-15-22(30)28-27-14-19-7-10-21(34-19)16-5-8-20(9-6-16)35(31,32)29-23-25-11-2-12-26-23/h1-14H,15H2,(H,28,30)(H,25,26,29). The van der Waals surface area contributed by atoms with Gasteiger partial charge in [0.1, 0.15) is 23.1 Å². The molecule has 0 aliphatic rings. The van der Waals surface area contributed by atoms with Crippen LogP contribution < -0.4 is 14.9 Å². The smallest absolute Gasteiger partial charge is 0.277 e. The Kier molecular flexibility index (Phi) is 7.12. The molecule has 2 heterocycles. The third kappa shape index (κ3) is 6.48. The van der Waals surface area contributed by atoms with Gasteiger partial charge >= 0.3 is 0 Å². The summed E-state index contributed by atoms with van der Waals surface area (Å²) in [6.45, 7) is -0.343. The van der Waals surface area contributed by atoms with Crippen LogP contribution in [-0.4, -0.2) is 37.1 Å². The molecule has 0 spiro atoms. The number of amides is 1. The number of rotatable bonds is 9. The highest BCUT2D eigenvalue weighted by Gasteiger charge is 2.16. The van der Waals surface area contributed by atoms with Gasteiger partial charge in [0.05, 0.1) is 11.1 Å². The van der Waals surface area contributed by atoms with Crippen molar-refractivity contribution in [2.75, 3.05) is 11.3 Å². The highest BCUT2D eigenvalue weighted by atomic mass is 32.2. The number of hydrazone groups is 1. The van der Waals surface area contributed by atoms with E-state index < -0.39 is 21.7 Å². The Morgan fingerprint density at radius 2 is 1.83 bits per heavy atom. The number of anilines is 1. The van der Waals surface area contributed by atoms with Gasteiger partial charge in [0.25, 0.3) is 15.9 Å². The molecule has 2 aromatic heterocycles.